The summed E-state index contributed by atoms with van der Waals surface area (Å²) in [4.78, 5) is 11.4. The van der Waals surface area contributed by atoms with Crippen molar-refractivity contribution in [2.75, 3.05) is 6.61 Å². The maximum atomic E-state index is 11.4. The Bertz CT molecular complexity index is 186. The normalized spacial score (nSPS) is 19.5. The van der Waals surface area contributed by atoms with E-state index in [0.29, 0.717) is 6.61 Å². The molecule has 0 aliphatic heterocycles. The van der Waals surface area contributed by atoms with Crippen molar-refractivity contribution in [3.8, 4) is 0 Å². The molecule has 0 spiro atoms. The number of unbranched alkanes of at least 4 members (excludes halogenated alkanes) is 1. The topological polar surface area (TPSA) is 32.3 Å². The molecule has 2 nitrogen and oxygen atoms in total. The molecule has 1 atom stereocenters. The monoisotopic (exact) mass is 230 g/mol. The summed E-state index contributed by atoms with van der Waals surface area (Å²) in [6.07, 6.45) is 9.82. The zero-order valence-electron chi connectivity index (χ0n) is 9.78. The Balaban J connectivity index is 2.11. The van der Waals surface area contributed by atoms with E-state index >= 15 is 0 Å². The van der Waals surface area contributed by atoms with E-state index in [1.165, 1.54) is 32.1 Å². The van der Waals surface area contributed by atoms with Crippen molar-refractivity contribution in [1.29, 1.82) is 0 Å². The average Bonchev–Trinajstić information content (AvgIpc) is 2.28. The average molecular weight is 230 g/mol. The summed E-state index contributed by atoms with van der Waals surface area (Å²) < 4.78 is 5.23. The molecule has 1 fully saturated rings. The van der Waals surface area contributed by atoms with E-state index in [9.17, 15) is 4.89 Å². The smallest absolute Gasteiger partial charge is 0.216 e. The first-order valence-corrected chi connectivity index (χ1v) is 7.50. The van der Waals surface area contributed by atoms with Gasteiger partial charge < -0.3 is 4.89 Å². The fraction of sp³-hybridized carbons (Fsp3) is 0.917. The van der Waals surface area contributed by atoms with Gasteiger partial charge in [0.05, 0.1) is 6.61 Å². The molecule has 0 aromatic heterocycles. The van der Waals surface area contributed by atoms with E-state index < -0.39 is 8.00 Å². The van der Waals surface area contributed by atoms with Crippen molar-refractivity contribution in [2.24, 2.45) is 5.92 Å². The van der Waals surface area contributed by atoms with E-state index in [4.69, 9.17) is 4.52 Å². The van der Waals surface area contributed by atoms with Crippen LogP contribution in [0.5, 0.6) is 0 Å². The predicted molar refractivity (Wildman–Crippen MR) is 65.0 cm³/mol. The lowest BCUT2D eigenvalue weighted by molar-refractivity contribution is -0.172. The molecule has 1 aliphatic rings. The summed E-state index contributed by atoms with van der Waals surface area (Å²) in [5, 5.41) is 0. The highest BCUT2D eigenvalue weighted by Crippen LogP contribution is 2.27. The van der Waals surface area contributed by atoms with Gasteiger partial charge in [0.25, 0.3) is 0 Å². The van der Waals surface area contributed by atoms with Crippen LogP contribution in [-0.2, 0) is 4.52 Å². The molecule has 15 heavy (non-hydrogen) atoms. The Morgan fingerprint density at radius 3 is 2.73 bits per heavy atom. The highest BCUT2D eigenvalue weighted by molar-refractivity contribution is 7.44. The van der Waals surface area contributed by atoms with Crippen LogP contribution in [0, 0.1) is 5.92 Å². The van der Waals surface area contributed by atoms with Gasteiger partial charge in [0.15, 0.2) is 0 Å². The zero-order chi connectivity index (χ0) is 10.9. The van der Waals surface area contributed by atoms with E-state index in [1.807, 2.05) is 5.80 Å². The van der Waals surface area contributed by atoms with Crippen molar-refractivity contribution in [2.45, 2.75) is 58.3 Å². The van der Waals surface area contributed by atoms with Gasteiger partial charge >= 0.3 is 0 Å². The summed E-state index contributed by atoms with van der Waals surface area (Å²) in [6, 6.07) is 0. The molecule has 0 aromatic carbocycles. The van der Waals surface area contributed by atoms with Gasteiger partial charge in [-0.25, -0.2) is 0 Å². The molecule has 0 aromatic rings. The van der Waals surface area contributed by atoms with Crippen molar-refractivity contribution in [3.63, 3.8) is 0 Å². The van der Waals surface area contributed by atoms with Crippen LogP contribution >= 0.6 is 8.00 Å². The van der Waals surface area contributed by atoms with E-state index in [2.05, 4.69) is 6.92 Å². The molecule has 0 saturated heterocycles. The molecule has 88 valence electrons. The van der Waals surface area contributed by atoms with Gasteiger partial charge in [-0.15, -0.1) is 0 Å². The maximum Gasteiger partial charge on any atom is 0.216 e. The van der Waals surface area contributed by atoms with Gasteiger partial charge in [0.2, 0.25) is 8.00 Å². The van der Waals surface area contributed by atoms with Crippen LogP contribution in [0.2, 0.25) is 0 Å². The fourth-order valence-electron chi connectivity index (χ4n) is 2.01. The van der Waals surface area contributed by atoms with Crippen LogP contribution < -0.4 is 4.89 Å². The van der Waals surface area contributed by atoms with E-state index in [1.54, 1.807) is 0 Å². The third-order valence-corrected chi connectivity index (χ3v) is 3.97. The Hall–Kier alpha value is 0.0900. The second-order valence-corrected chi connectivity index (χ2v) is 5.59. The largest absolute Gasteiger partial charge is 0.603 e. The highest BCUT2D eigenvalue weighted by Gasteiger charge is 2.13. The first-order chi connectivity index (χ1) is 7.33. The van der Waals surface area contributed by atoms with Crippen LogP contribution in [0.3, 0.4) is 0 Å². The third kappa shape index (κ3) is 6.29. The number of hydrogen-bond donors (Lipinski definition) is 0. The first-order valence-electron chi connectivity index (χ1n) is 6.25. The van der Waals surface area contributed by atoms with Crippen molar-refractivity contribution in [3.05, 3.63) is 0 Å². The van der Waals surface area contributed by atoms with Gasteiger partial charge in [0.1, 0.15) is 5.80 Å². The minimum atomic E-state index is -1.49. The third-order valence-electron chi connectivity index (χ3n) is 3.03. The SMILES string of the molecule is CCCCO[P+]([O-])=CCC1CCCCC1. The van der Waals surface area contributed by atoms with Gasteiger partial charge in [0, 0.05) is 6.42 Å². The lowest BCUT2D eigenvalue weighted by atomic mass is 9.88. The Morgan fingerprint density at radius 2 is 2.07 bits per heavy atom. The second kappa shape index (κ2) is 8.27. The lowest BCUT2D eigenvalue weighted by Gasteiger charge is -2.18. The van der Waals surface area contributed by atoms with Crippen LogP contribution in [0.25, 0.3) is 0 Å². The highest BCUT2D eigenvalue weighted by atomic mass is 31.1. The van der Waals surface area contributed by atoms with Crippen LogP contribution in [0.1, 0.15) is 58.3 Å². The van der Waals surface area contributed by atoms with E-state index in [0.717, 1.165) is 25.2 Å². The zero-order valence-corrected chi connectivity index (χ0v) is 10.7. The molecular weight excluding hydrogens is 207 g/mol. The summed E-state index contributed by atoms with van der Waals surface area (Å²) in [7, 11) is -1.49. The molecule has 1 rings (SSSR count). The molecule has 0 amide bonds. The summed E-state index contributed by atoms with van der Waals surface area (Å²) >= 11 is 0. The standard InChI is InChI=1S/C12H23O2P/c1-2-3-10-14-15(13)11-9-12-7-5-4-6-8-12/h11-12H,2-10H2,1H3. The molecule has 3 heteroatoms. The minimum absolute atomic E-state index is 0.646. The van der Waals surface area contributed by atoms with Crippen molar-refractivity contribution >= 4 is 13.8 Å². The molecule has 1 unspecified atom stereocenters. The van der Waals surface area contributed by atoms with Gasteiger partial charge in [-0.05, 0) is 12.3 Å². The van der Waals surface area contributed by atoms with E-state index in [-0.39, 0.29) is 0 Å². The predicted octanol–water partition coefficient (Wildman–Crippen LogP) is 3.25. The quantitative estimate of drug-likeness (QED) is 0.518. The van der Waals surface area contributed by atoms with Crippen LogP contribution in [0.15, 0.2) is 0 Å². The molecule has 1 aliphatic carbocycles. The molecule has 0 heterocycles. The molecular formula is C12H23O2P. The Kier molecular flexibility index (Phi) is 7.25. The maximum absolute atomic E-state index is 11.4. The minimum Gasteiger partial charge on any atom is -0.603 e. The molecule has 1 saturated carbocycles. The first kappa shape index (κ1) is 13.2. The van der Waals surface area contributed by atoms with Crippen molar-refractivity contribution in [1.82, 2.24) is 0 Å². The lowest BCUT2D eigenvalue weighted by Crippen LogP contribution is -2.07. The molecule has 0 N–H and O–H groups in total. The second-order valence-electron chi connectivity index (χ2n) is 4.39. The van der Waals surface area contributed by atoms with Crippen LogP contribution in [-0.4, -0.2) is 12.4 Å². The van der Waals surface area contributed by atoms with Crippen LogP contribution in [0.4, 0.5) is 0 Å². The van der Waals surface area contributed by atoms with Crippen molar-refractivity contribution < 1.29 is 9.42 Å². The summed E-state index contributed by atoms with van der Waals surface area (Å²) in [6.45, 7) is 2.76. The molecule has 0 radical (unpaired) electrons. The fourth-order valence-corrected chi connectivity index (χ4v) is 2.89. The van der Waals surface area contributed by atoms with Gasteiger partial charge in [-0.2, -0.15) is 4.52 Å². The molecule has 0 bridgehead atoms. The summed E-state index contributed by atoms with van der Waals surface area (Å²) in [5.74, 6) is 2.66. The Labute approximate surface area is 94.6 Å². The van der Waals surface area contributed by atoms with Gasteiger partial charge in [-0.1, -0.05) is 45.4 Å². The number of rotatable bonds is 6. The Morgan fingerprint density at radius 1 is 1.33 bits per heavy atom. The van der Waals surface area contributed by atoms with Gasteiger partial charge in [-0.3, -0.25) is 0 Å². The summed E-state index contributed by atoms with van der Waals surface area (Å²) in [5.41, 5.74) is 0. The number of hydrogen-bond acceptors (Lipinski definition) is 2.